The van der Waals surface area contributed by atoms with E-state index >= 15 is 0 Å². The molecule has 51 heavy (non-hydrogen) atoms. The third-order valence-corrected chi connectivity index (χ3v) is 8.82. The number of nitrogens with one attached hydrogen (secondary N) is 4. The lowest BCUT2D eigenvalue weighted by Crippen LogP contribution is -2.41. The van der Waals surface area contributed by atoms with E-state index in [1.165, 1.54) is 14.2 Å². The molecular weight excluding hydrogens is 676 g/mol. The van der Waals surface area contributed by atoms with Crippen LogP contribution in [0.15, 0.2) is 54.7 Å². The standard InChI is InChI=1S/C36H43ClN8O6/c1-21(2)18-44(31(46)16-39-35(48)50-4)19-29-38-15-27(41-29)25-10-6-23(7-11-25)24-8-12-26(13-9-24)33-34(37)43-30(42-33)20-45(28-14-22(28)3)32(47)17-40-36(49)51-5/h6-13,15,21-22,28H,14,16-20H2,1-5H3,(H,38,41)(H,39,48)(H,40,49)(H,42,43). The second-order valence-corrected chi connectivity index (χ2v) is 13.3. The lowest BCUT2D eigenvalue weighted by molar-refractivity contribution is -0.132. The minimum Gasteiger partial charge on any atom is -0.453 e. The van der Waals surface area contributed by atoms with E-state index < -0.39 is 12.2 Å². The summed E-state index contributed by atoms with van der Waals surface area (Å²) in [6.07, 6.45) is 1.31. The Morgan fingerprint density at radius 3 is 1.94 bits per heavy atom. The monoisotopic (exact) mass is 718 g/mol. The molecule has 2 aromatic carbocycles. The Labute approximate surface area is 301 Å². The van der Waals surface area contributed by atoms with Crippen molar-refractivity contribution < 1.29 is 28.7 Å². The lowest BCUT2D eigenvalue weighted by atomic mass is 10.0. The molecule has 1 saturated carbocycles. The number of halogens is 1. The maximum Gasteiger partial charge on any atom is 0.407 e. The van der Waals surface area contributed by atoms with E-state index in [2.05, 4.69) is 42.0 Å². The van der Waals surface area contributed by atoms with E-state index in [1.54, 1.807) is 16.0 Å². The minimum atomic E-state index is -0.661. The predicted octanol–water partition coefficient (Wildman–Crippen LogP) is 5.22. The second-order valence-electron chi connectivity index (χ2n) is 12.9. The number of amides is 4. The number of carbonyl (C=O) groups excluding carboxylic acids is 4. The summed E-state index contributed by atoms with van der Waals surface area (Å²) in [6.45, 7) is 6.81. The molecule has 0 aliphatic heterocycles. The van der Waals surface area contributed by atoms with Gasteiger partial charge in [0.25, 0.3) is 0 Å². The molecule has 270 valence electrons. The van der Waals surface area contributed by atoms with Crippen molar-refractivity contribution in [2.75, 3.05) is 33.9 Å². The van der Waals surface area contributed by atoms with Crippen molar-refractivity contribution in [2.24, 2.45) is 11.8 Å². The van der Waals surface area contributed by atoms with Crippen molar-refractivity contribution in [3.63, 3.8) is 0 Å². The first-order valence-electron chi connectivity index (χ1n) is 16.7. The van der Waals surface area contributed by atoms with Crippen LogP contribution in [0.2, 0.25) is 5.15 Å². The number of aromatic nitrogens is 4. The van der Waals surface area contributed by atoms with Crippen LogP contribution in [0.4, 0.5) is 9.59 Å². The van der Waals surface area contributed by atoms with E-state index in [9.17, 15) is 19.2 Å². The SMILES string of the molecule is COC(=O)NCC(=O)N(Cc1ncc(-c2ccc(-c3ccc(-c4nc(CN(C(=O)CNC(=O)OC)C5CC5C)[nH]c4Cl)cc3)cc2)[nH]1)CC(C)C. The summed E-state index contributed by atoms with van der Waals surface area (Å²) in [5.74, 6) is 1.32. The van der Waals surface area contributed by atoms with Gasteiger partial charge in [0.1, 0.15) is 35.6 Å². The number of aromatic amines is 2. The molecule has 2 heterocycles. The summed E-state index contributed by atoms with van der Waals surface area (Å²) in [5, 5.41) is 5.27. The van der Waals surface area contributed by atoms with E-state index in [1.807, 2.05) is 62.4 Å². The number of nitrogens with zero attached hydrogens (tertiary/aromatic N) is 4. The number of benzene rings is 2. The molecule has 5 rings (SSSR count). The summed E-state index contributed by atoms with van der Waals surface area (Å²) in [6, 6.07) is 16.0. The van der Waals surface area contributed by atoms with Gasteiger partial charge in [-0.3, -0.25) is 9.59 Å². The minimum absolute atomic E-state index is 0.0733. The number of methoxy groups -OCH3 is 2. The Bertz CT molecular complexity index is 1840. The quantitative estimate of drug-likeness (QED) is 0.137. The average Bonchev–Trinajstić information content (AvgIpc) is 3.47. The fourth-order valence-corrected chi connectivity index (χ4v) is 5.99. The number of hydrogen-bond acceptors (Lipinski definition) is 8. The van der Waals surface area contributed by atoms with Crippen molar-refractivity contribution in [3.8, 4) is 33.6 Å². The molecule has 15 heteroatoms. The summed E-state index contributed by atoms with van der Waals surface area (Å²) in [7, 11) is 2.50. The van der Waals surface area contributed by atoms with Gasteiger partial charge in [0.2, 0.25) is 11.8 Å². The van der Waals surface area contributed by atoms with Gasteiger partial charge in [-0.25, -0.2) is 19.6 Å². The maximum atomic E-state index is 12.9. The number of imidazole rings is 2. The van der Waals surface area contributed by atoms with Crippen molar-refractivity contribution in [3.05, 3.63) is 71.5 Å². The van der Waals surface area contributed by atoms with Gasteiger partial charge in [-0.1, -0.05) is 80.9 Å². The van der Waals surface area contributed by atoms with E-state index in [-0.39, 0.29) is 50.0 Å². The van der Waals surface area contributed by atoms with Gasteiger partial charge in [-0.05, 0) is 34.9 Å². The van der Waals surface area contributed by atoms with E-state index in [4.69, 9.17) is 16.6 Å². The van der Waals surface area contributed by atoms with Crippen LogP contribution in [0.5, 0.6) is 0 Å². The van der Waals surface area contributed by atoms with Gasteiger partial charge in [0, 0.05) is 18.2 Å². The van der Waals surface area contributed by atoms with Gasteiger partial charge >= 0.3 is 12.2 Å². The number of alkyl carbamates (subject to hydrolysis) is 2. The fourth-order valence-electron chi connectivity index (χ4n) is 5.73. The van der Waals surface area contributed by atoms with Crippen molar-refractivity contribution in [2.45, 2.75) is 46.3 Å². The van der Waals surface area contributed by atoms with E-state index in [0.29, 0.717) is 35.0 Å². The number of hydrogen-bond donors (Lipinski definition) is 4. The molecule has 0 bridgehead atoms. The van der Waals surface area contributed by atoms with Gasteiger partial charge in [-0.15, -0.1) is 0 Å². The normalized spacial score (nSPS) is 14.9. The zero-order chi connectivity index (χ0) is 36.7. The molecule has 1 fully saturated rings. The first-order chi connectivity index (χ1) is 24.4. The average molecular weight is 719 g/mol. The third-order valence-electron chi connectivity index (χ3n) is 8.55. The van der Waals surface area contributed by atoms with Crippen LogP contribution in [-0.4, -0.2) is 93.6 Å². The zero-order valence-electron chi connectivity index (χ0n) is 29.3. The van der Waals surface area contributed by atoms with Crippen LogP contribution in [0.25, 0.3) is 33.6 Å². The second kappa shape index (κ2) is 16.6. The Hall–Kier alpha value is -5.37. The predicted molar refractivity (Wildman–Crippen MR) is 191 cm³/mol. The molecule has 0 saturated heterocycles. The third kappa shape index (κ3) is 9.66. The number of H-pyrrole nitrogens is 2. The van der Waals surface area contributed by atoms with Crippen LogP contribution >= 0.6 is 11.6 Å². The van der Waals surface area contributed by atoms with Gasteiger partial charge < -0.3 is 39.9 Å². The van der Waals surface area contributed by atoms with Gasteiger partial charge in [-0.2, -0.15) is 0 Å². The Morgan fingerprint density at radius 2 is 1.39 bits per heavy atom. The van der Waals surface area contributed by atoms with Gasteiger partial charge in [0.05, 0.1) is 39.2 Å². The molecule has 0 spiro atoms. The van der Waals surface area contributed by atoms with Gasteiger partial charge in [0.15, 0.2) is 0 Å². The topological polar surface area (TPSA) is 175 Å². The molecule has 1 aliphatic rings. The molecule has 2 atom stereocenters. The fraction of sp³-hybridized carbons (Fsp3) is 0.389. The van der Waals surface area contributed by atoms with Crippen LogP contribution in [0.1, 0.15) is 38.8 Å². The molecule has 1 aliphatic carbocycles. The number of ether oxygens (including phenoxy) is 2. The van der Waals surface area contributed by atoms with Crippen molar-refractivity contribution in [1.29, 1.82) is 0 Å². The highest BCUT2D eigenvalue weighted by atomic mass is 35.5. The molecule has 0 radical (unpaired) electrons. The highest BCUT2D eigenvalue weighted by Gasteiger charge is 2.41. The highest BCUT2D eigenvalue weighted by molar-refractivity contribution is 6.31. The Balaban J connectivity index is 1.22. The summed E-state index contributed by atoms with van der Waals surface area (Å²) in [4.78, 5) is 67.6. The van der Waals surface area contributed by atoms with Crippen LogP contribution in [-0.2, 0) is 32.2 Å². The first-order valence-corrected chi connectivity index (χ1v) is 17.0. The zero-order valence-corrected chi connectivity index (χ0v) is 30.0. The molecule has 4 N–H and O–H groups in total. The lowest BCUT2D eigenvalue weighted by Gasteiger charge is -2.23. The summed E-state index contributed by atoms with van der Waals surface area (Å²) in [5.41, 5.74) is 5.18. The molecule has 14 nitrogen and oxygen atoms in total. The number of rotatable bonds is 14. The highest BCUT2D eigenvalue weighted by Crippen LogP contribution is 2.36. The largest absolute Gasteiger partial charge is 0.453 e. The molecule has 2 aromatic heterocycles. The van der Waals surface area contributed by atoms with E-state index in [0.717, 1.165) is 34.4 Å². The smallest absolute Gasteiger partial charge is 0.407 e. The maximum absolute atomic E-state index is 12.9. The Kier molecular flexibility index (Phi) is 12.0. The Morgan fingerprint density at radius 1 is 0.843 bits per heavy atom. The summed E-state index contributed by atoms with van der Waals surface area (Å²) < 4.78 is 9.15. The van der Waals surface area contributed by atoms with Crippen molar-refractivity contribution >= 4 is 35.6 Å². The van der Waals surface area contributed by atoms with Crippen LogP contribution < -0.4 is 10.6 Å². The molecule has 2 unspecified atom stereocenters. The van der Waals surface area contributed by atoms with Crippen molar-refractivity contribution in [1.82, 2.24) is 40.4 Å². The number of carbonyl (C=O) groups is 4. The van der Waals surface area contributed by atoms with Crippen LogP contribution in [0.3, 0.4) is 0 Å². The molecule has 4 amide bonds. The first kappa shape index (κ1) is 36.9. The van der Waals surface area contributed by atoms with Crippen LogP contribution in [0, 0.1) is 11.8 Å². The molecular formula is C36H43ClN8O6. The summed E-state index contributed by atoms with van der Waals surface area (Å²) >= 11 is 6.58. The molecule has 4 aromatic rings.